The lowest BCUT2D eigenvalue weighted by Crippen LogP contribution is -2.31. The summed E-state index contributed by atoms with van der Waals surface area (Å²) >= 11 is 0. The van der Waals surface area contributed by atoms with Crippen LogP contribution in [0.3, 0.4) is 0 Å². The maximum Gasteiger partial charge on any atom is 0.339 e. The van der Waals surface area contributed by atoms with E-state index in [1.165, 1.54) is 25.7 Å². The van der Waals surface area contributed by atoms with Gasteiger partial charge in [-0.3, -0.25) is 0 Å². The molecule has 6 heteroatoms. The van der Waals surface area contributed by atoms with Crippen molar-refractivity contribution in [1.82, 2.24) is 4.72 Å². The van der Waals surface area contributed by atoms with Crippen LogP contribution in [0.5, 0.6) is 0 Å². The van der Waals surface area contributed by atoms with Crippen LogP contribution in [0.1, 0.15) is 42.5 Å². The minimum atomic E-state index is -3.70. The molecule has 1 aliphatic rings. The van der Waals surface area contributed by atoms with Gasteiger partial charge in [0.1, 0.15) is 0 Å². The number of hydrogen-bond acceptors (Lipinski definition) is 4. The van der Waals surface area contributed by atoms with Gasteiger partial charge < -0.3 is 4.74 Å². The van der Waals surface area contributed by atoms with Crippen LogP contribution in [0, 0.1) is 5.92 Å². The number of rotatable bonds is 5. The second-order valence-electron chi connectivity index (χ2n) is 5.34. The first kappa shape index (κ1) is 16.0. The Kier molecular flexibility index (Phi) is 5.36. The van der Waals surface area contributed by atoms with Gasteiger partial charge in [-0.1, -0.05) is 31.4 Å². The number of hydrogen-bond donors (Lipinski definition) is 1. The predicted molar refractivity (Wildman–Crippen MR) is 79.5 cm³/mol. The minimum Gasteiger partial charge on any atom is -0.465 e. The Bertz CT molecular complexity index is 591. The van der Waals surface area contributed by atoms with Crippen molar-refractivity contribution in [3.05, 3.63) is 29.8 Å². The molecule has 0 heterocycles. The molecule has 1 aromatic carbocycles. The van der Waals surface area contributed by atoms with E-state index >= 15 is 0 Å². The standard InChI is InChI=1S/C15H21NO4S/c1-20-15(17)13-9-5-6-10-14(13)21(18,19)16-11-12-7-3-2-4-8-12/h5-6,9-10,12,16H,2-4,7-8,11H2,1H3. The summed E-state index contributed by atoms with van der Waals surface area (Å²) < 4.78 is 32.1. The van der Waals surface area contributed by atoms with Gasteiger partial charge in [0, 0.05) is 6.54 Å². The Morgan fingerprint density at radius 2 is 1.90 bits per heavy atom. The lowest BCUT2D eigenvalue weighted by molar-refractivity contribution is 0.0596. The van der Waals surface area contributed by atoms with E-state index in [2.05, 4.69) is 9.46 Å². The van der Waals surface area contributed by atoms with Crippen LogP contribution >= 0.6 is 0 Å². The largest absolute Gasteiger partial charge is 0.465 e. The number of carbonyl (C=O) groups excluding carboxylic acids is 1. The van der Waals surface area contributed by atoms with Crippen molar-refractivity contribution in [3.63, 3.8) is 0 Å². The van der Waals surface area contributed by atoms with Gasteiger partial charge in [0.25, 0.3) is 0 Å². The molecule has 0 aromatic heterocycles. The Balaban J connectivity index is 2.13. The molecule has 0 amide bonds. The summed E-state index contributed by atoms with van der Waals surface area (Å²) in [7, 11) is -2.46. The van der Waals surface area contributed by atoms with Crippen LogP contribution < -0.4 is 4.72 Å². The highest BCUT2D eigenvalue weighted by Crippen LogP contribution is 2.24. The Morgan fingerprint density at radius 3 is 2.57 bits per heavy atom. The molecule has 1 N–H and O–H groups in total. The lowest BCUT2D eigenvalue weighted by atomic mass is 9.90. The summed E-state index contributed by atoms with van der Waals surface area (Å²) in [5.41, 5.74) is 0.0659. The van der Waals surface area contributed by atoms with Crippen LogP contribution in [0.25, 0.3) is 0 Å². The summed E-state index contributed by atoms with van der Waals surface area (Å²) in [6.07, 6.45) is 5.66. The van der Waals surface area contributed by atoms with Crippen molar-refractivity contribution in [2.24, 2.45) is 5.92 Å². The number of nitrogens with one attached hydrogen (secondary N) is 1. The molecule has 0 atom stereocenters. The smallest absolute Gasteiger partial charge is 0.339 e. The summed E-state index contributed by atoms with van der Waals surface area (Å²) in [4.78, 5) is 11.7. The predicted octanol–water partition coefficient (Wildman–Crippen LogP) is 2.33. The number of carbonyl (C=O) groups is 1. The Labute approximate surface area is 125 Å². The second kappa shape index (κ2) is 7.04. The van der Waals surface area contributed by atoms with Gasteiger partial charge >= 0.3 is 5.97 Å². The van der Waals surface area contributed by atoms with Crippen LogP contribution in [0.2, 0.25) is 0 Å². The van der Waals surface area contributed by atoms with Crippen LogP contribution in [0.15, 0.2) is 29.2 Å². The zero-order valence-electron chi connectivity index (χ0n) is 12.2. The molecule has 0 saturated heterocycles. The van der Waals surface area contributed by atoms with Crippen LogP contribution in [-0.4, -0.2) is 28.0 Å². The van der Waals surface area contributed by atoms with E-state index in [1.807, 2.05) is 0 Å². The van der Waals surface area contributed by atoms with Crippen molar-refractivity contribution in [1.29, 1.82) is 0 Å². The van der Waals surface area contributed by atoms with Crippen molar-refractivity contribution in [3.8, 4) is 0 Å². The maximum atomic E-state index is 12.4. The van der Waals surface area contributed by atoms with Gasteiger partial charge in [0.05, 0.1) is 17.6 Å². The highest BCUT2D eigenvalue weighted by atomic mass is 32.2. The third kappa shape index (κ3) is 4.04. The van der Waals surface area contributed by atoms with Crippen molar-refractivity contribution < 1.29 is 17.9 Å². The van der Waals surface area contributed by atoms with E-state index < -0.39 is 16.0 Å². The van der Waals surface area contributed by atoms with Crippen LogP contribution in [-0.2, 0) is 14.8 Å². The molecule has 0 aliphatic heterocycles. The van der Waals surface area contributed by atoms with E-state index in [-0.39, 0.29) is 10.5 Å². The summed E-state index contributed by atoms with van der Waals surface area (Å²) in [6, 6.07) is 6.10. The quantitative estimate of drug-likeness (QED) is 0.847. The third-order valence-electron chi connectivity index (χ3n) is 3.87. The molecular weight excluding hydrogens is 290 g/mol. The van der Waals surface area contributed by atoms with Crippen molar-refractivity contribution >= 4 is 16.0 Å². The van der Waals surface area contributed by atoms with Gasteiger partial charge in [-0.15, -0.1) is 0 Å². The topological polar surface area (TPSA) is 72.5 Å². The monoisotopic (exact) mass is 311 g/mol. The van der Waals surface area contributed by atoms with Crippen molar-refractivity contribution in [2.75, 3.05) is 13.7 Å². The second-order valence-corrected chi connectivity index (χ2v) is 7.08. The fourth-order valence-corrected chi connectivity index (χ4v) is 3.99. The molecule has 1 saturated carbocycles. The zero-order chi connectivity index (χ0) is 15.3. The molecule has 1 fully saturated rings. The van der Waals surface area contributed by atoms with Crippen LogP contribution in [0.4, 0.5) is 0 Å². The summed E-state index contributed by atoms with van der Waals surface area (Å²) in [6.45, 7) is 0.428. The molecule has 1 aliphatic carbocycles. The molecule has 116 valence electrons. The lowest BCUT2D eigenvalue weighted by Gasteiger charge is -2.21. The van der Waals surface area contributed by atoms with Gasteiger partial charge in [-0.2, -0.15) is 0 Å². The van der Waals surface area contributed by atoms with E-state index in [9.17, 15) is 13.2 Å². The number of esters is 1. The molecule has 0 radical (unpaired) electrons. The maximum absolute atomic E-state index is 12.4. The molecule has 0 bridgehead atoms. The highest BCUT2D eigenvalue weighted by Gasteiger charge is 2.24. The molecular formula is C15H21NO4S. The number of sulfonamides is 1. The SMILES string of the molecule is COC(=O)c1ccccc1S(=O)(=O)NCC1CCCCC1. The average Bonchev–Trinajstić information content (AvgIpc) is 2.53. The summed E-state index contributed by atoms with van der Waals surface area (Å²) in [5.74, 6) is -0.257. The molecule has 2 rings (SSSR count). The van der Waals surface area contributed by atoms with E-state index in [4.69, 9.17) is 0 Å². The zero-order valence-corrected chi connectivity index (χ0v) is 13.0. The molecule has 21 heavy (non-hydrogen) atoms. The summed E-state index contributed by atoms with van der Waals surface area (Å²) in [5, 5.41) is 0. The first-order chi connectivity index (χ1) is 10.0. The first-order valence-corrected chi connectivity index (χ1v) is 8.70. The van der Waals surface area contributed by atoms with Gasteiger partial charge in [0.15, 0.2) is 0 Å². The molecule has 1 aromatic rings. The number of ether oxygens (including phenoxy) is 1. The average molecular weight is 311 g/mol. The van der Waals surface area contributed by atoms with E-state index in [0.717, 1.165) is 25.7 Å². The van der Waals surface area contributed by atoms with E-state index in [0.29, 0.717) is 12.5 Å². The first-order valence-electron chi connectivity index (χ1n) is 7.21. The Hall–Kier alpha value is -1.40. The normalized spacial score (nSPS) is 16.6. The third-order valence-corrected chi connectivity index (χ3v) is 5.35. The molecule has 0 spiro atoms. The minimum absolute atomic E-state index is 0.0207. The fraction of sp³-hybridized carbons (Fsp3) is 0.533. The van der Waals surface area contributed by atoms with Gasteiger partial charge in [-0.05, 0) is 30.9 Å². The van der Waals surface area contributed by atoms with Gasteiger partial charge in [-0.25, -0.2) is 17.9 Å². The number of methoxy groups -OCH3 is 1. The Morgan fingerprint density at radius 1 is 1.24 bits per heavy atom. The van der Waals surface area contributed by atoms with E-state index in [1.54, 1.807) is 12.1 Å². The van der Waals surface area contributed by atoms with Crippen molar-refractivity contribution in [2.45, 2.75) is 37.0 Å². The van der Waals surface area contributed by atoms with Gasteiger partial charge in [0.2, 0.25) is 10.0 Å². The fourth-order valence-electron chi connectivity index (χ4n) is 2.68. The molecule has 5 nitrogen and oxygen atoms in total. The number of benzene rings is 1. The molecule has 0 unspecified atom stereocenters. The highest BCUT2D eigenvalue weighted by molar-refractivity contribution is 7.89.